The summed E-state index contributed by atoms with van der Waals surface area (Å²) in [5.74, 6) is 1.53. The Morgan fingerprint density at radius 1 is 1.30 bits per heavy atom. The van der Waals surface area contributed by atoms with Crippen LogP contribution in [0.3, 0.4) is 0 Å². The minimum atomic E-state index is 0.175. The van der Waals surface area contributed by atoms with E-state index < -0.39 is 0 Å². The van der Waals surface area contributed by atoms with Gasteiger partial charge in [-0.2, -0.15) is 0 Å². The summed E-state index contributed by atoms with van der Waals surface area (Å²) in [6.45, 7) is 6.38. The molecule has 3 nitrogen and oxygen atoms in total. The highest BCUT2D eigenvalue weighted by molar-refractivity contribution is 7.80. The highest BCUT2D eigenvalue weighted by atomic mass is 32.1. The standard InChI is InChI=1S/C19H32O3S/c1-4-7-15(14(3)20)10-11-16-12-13-18(21)17(16)8-6-9-19(23)22-5-2/h15-17H,4-13H2,1-3H3/t15?,16-,17+/m0/s1. The molecule has 0 N–H and O–H groups in total. The van der Waals surface area contributed by atoms with E-state index in [2.05, 4.69) is 6.92 Å². The van der Waals surface area contributed by atoms with Crippen LogP contribution in [0, 0.1) is 17.8 Å². The molecule has 4 heteroatoms. The zero-order valence-electron chi connectivity index (χ0n) is 14.9. The number of hydrogen-bond donors (Lipinski definition) is 0. The van der Waals surface area contributed by atoms with E-state index in [0.29, 0.717) is 35.6 Å². The molecule has 0 aromatic rings. The van der Waals surface area contributed by atoms with E-state index in [1.54, 1.807) is 6.92 Å². The van der Waals surface area contributed by atoms with Gasteiger partial charge in [-0.25, -0.2) is 0 Å². The third kappa shape index (κ3) is 7.11. The van der Waals surface area contributed by atoms with Crippen molar-refractivity contribution in [2.24, 2.45) is 17.8 Å². The molecule has 0 heterocycles. The van der Waals surface area contributed by atoms with Gasteiger partial charge in [0.2, 0.25) is 0 Å². The van der Waals surface area contributed by atoms with E-state index in [1.807, 2.05) is 6.92 Å². The molecular formula is C19H32O3S. The number of ether oxygens (including phenoxy) is 1. The molecule has 1 saturated carbocycles. The molecule has 0 bridgehead atoms. The maximum absolute atomic E-state index is 12.2. The first kappa shape index (κ1) is 20.3. The summed E-state index contributed by atoms with van der Waals surface area (Å²) in [5, 5.41) is 0.661. The van der Waals surface area contributed by atoms with E-state index in [0.717, 1.165) is 51.4 Å². The highest BCUT2D eigenvalue weighted by Crippen LogP contribution is 2.37. The Morgan fingerprint density at radius 2 is 2.04 bits per heavy atom. The minimum absolute atomic E-state index is 0.175. The Labute approximate surface area is 146 Å². The molecule has 0 aromatic carbocycles. The molecule has 0 aromatic heterocycles. The van der Waals surface area contributed by atoms with Crippen LogP contribution in [0.4, 0.5) is 0 Å². The molecule has 0 spiro atoms. The minimum Gasteiger partial charge on any atom is -0.487 e. The van der Waals surface area contributed by atoms with Gasteiger partial charge in [0, 0.05) is 24.7 Å². The van der Waals surface area contributed by atoms with Crippen molar-refractivity contribution in [3.8, 4) is 0 Å². The number of Topliss-reactive ketones (excluding diaryl/α,β-unsaturated/α-hetero) is 2. The van der Waals surface area contributed by atoms with Crippen LogP contribution in [0.2, 0.25) is 0 Å². The third-order valence-electron chi connectivity index (χ3n) is 5.04. The van der Waals surface area contributed by atoms with Gasteiger partial charge in [-0.15, -0.1) is 0 Å². The van der Waals surface area contributed by atoms with Gasteiger partial charge < -0.3 is 4.74 Å². The van der Waals surface area contributed by atoms with Gasteiger partial charge in [-0.05, 0) is 70.5 Å². The Balaban J connectivity index is 2.42. The van der Waals surface area contributed by atoms with Crippen LogP contribution >= 0.6 is 12.2 Å². The second-order valence-electron chi connectivity index (χ2n) is 6.74. The molecule has 132 valence electrons. The Hall–Kier alpha value is -0.770. The molecule has 1 aliphatic rings. The SMILES string of the molecule is CCCC(CC[C@H]1CCC(=O)[C@@H]1CCCC(=S)OCC)C(C)=O. The molecule has 0 aliphatic heterocycles. The largest absolute Gasteiger partial charge is 0.487 e. The van der Waals surface area contributed by atoms with Crippen molar-refractivity contribution in [3.63, 3.8) is 0 Å². The fourth-order valence-corrected chi connectivity index (χ4v) is 4.00. The van der Waals surface area contributed by atoms with E-state index in [4.69, 9.17) is 17.0 Å². The zero-order chi connectivity index (χ0) is 17.2. The summed E-state index contributed by atoms with van der Waals surface area (Å²) in [6, 6.07) is 0. The Kier molecular flexibility index (Phi) is 9.61. The van der Waals surface area contributed by atoms with Crippen LogP contribution in [0.1, 0.15) is 78.6 Å². The number of hydrogen-bond acceptors (Lipinski definition) is 4. The van der Waals surface area contributed by atoms with E-state index >= 15 is 0 Å². The van der Waals surface area contributed by atoms with E-state index in [9.17, 15) is 9.59 Å². The smallest absolute Gasteiger partial charge is 0.159 e. The first-order chi connectivity index (χ1) is 11.0. The summed E-state index contributed by atoms with van der Waals surface area (Å²) in [5.41, 5.74) is 0. The second kappa shape index (κ2) is 10.9. The first-order valence-corrected chi connectivity index (χ1v) is 9.59. The molecule has 1 aliphatic carbocycles. The lowest BCUT2D eigenvalue weighted by atomic mass is 9.83. The summed E-state index contributed by atoms with van der Waals surface area (Å²) in [4.78, 5) is 23.9. The average molecular weight is 341 g/mol. The van der Waals surface area contributed by atoms with Gasteiger partial charge in [0.05, 0.1) is 6.61 Å². The van der Waals surface area contributed by atoms with Crippen molar-refractivity contribution >= 4 is 28.8 Å². The van der Waals surface area contributed by atoms with Crippen molar-refractivity contribution in [2.45, 2.75) is 78.6 Å². The average Bonchev–Trinajstić information content (AvgIpc) is 2.84. The molecule has 0 saturated heterocycles. The highest BCUT2D eigenvalue weighted by Gasteiger charge is 2.34. The first-order valence-electron chi connectivity index (χ1n) is 9.18. The lowest BCUT2D eigenvalue weighted by Crippen LogP contribution is -2.18. The molecule has 23 heavy (non-hydrogen) atoms. The number of thiocarbonyl (C=S) groups is 1. The Bertz CT molecular complexity index is 405. The fourth-order valence-electron chi connectivity index (χ4n) is 3.73. The molecule has 0 radical (unpaired) electrons. The van der Waals surface area contributed by atoms with Gasteiger partial charge in [-0.1, -0.05) is 13.3 Å². The van der Waals surface area contributed by atoms with Gasteiger partial charge in [0.1, 0.15) is 11.6 Å². The van der Waals surface area contributed by atoms with Crippen LogP contribution in [0.25, 0.3) is 0 Å². The maximum atomic E-state index is 12.2. The number of rotatable bonds is 11. The summed E-state index contributed by atoms with van der Waals surface area (Å²) in [7, 11) is 0. The predicted molar refractivity (Wildman–Crippen MR) is 97.6 cm³/mol. The third-order valence-corrected chi connectivity index (χ3v) is 5.37. The summed E-state index contributed by atoms with van der Waals surface area (Å²) in [6.07, 6.45) is 8.29. The Morgan fingerprint density at radius 3 is 2.65 bits per heavy atom. The van der Waals surface area contributed by atoms with Crippen LogP contribution in [0.5, 0.6) is 0 Å². The number of ketones is 2. The fraction of sp³-hybridized carbons (Fsp3) is 0.842. The second-order valence-corrected chi connectivity index (χ2v) is 7.20. The van der Waals surface area contributed by atoms with Crippen molar-refractivity contribution in [2.75, 3.05) is 6.61 Å². The molecule has 0 amide bonds. The van der Waals surface area contributed by atoms with E-state index in [-0.39, 0.29) is 11.8 Å². The van der Waals surface area contributed by atoms with Crippen LogP contribution in [-0.2, 0) is 14.3 Å². The van der Waals surface area contributed by atoms with Gasteiger partial charge in [0.15, 0.2) is 5.05 Å². The van der Waals surface area contributed by atoms with Gasteiger partial charge in [-0.3, -0.25) is 9.59 Å². The van der Waals surface area contributed by atoms with Crippen LogP contribution in [0.15, 0.2) is 0 Å². The molecular weight excluding hydrogens is 308 g/mol. The summed E-state index contributed by atoms with van der Waals surface area (Å²) < 4.78 is 5.30. The quantitative estimate of drug-likeness (QED) is 0.502. The number of carbonyl (C=O) groups is 2. The molecule has 1 unspecified atom stereocenters. The van der Waals surface area contributed by atoms with Crippen molar-refractivity contribution in [1.82, 2.24) is 0 Å². The van der Waals surface area contributed by atoms with Gasteiger partial charge >= 0.3 is 0 Å². The van der Waals surface area contributed by atoms with Crippen molar-refractivity contribution in [1.29, 1.82) is 0 Å². The predicted octanol–water partition coefficient (Wildman–Crippen LogP) is 4.90. The molecule has 3 atom stereocenters. The normalized spacial score (nSPS) is 22.1. The van der Waals surface area contributed by atoms with Gasteiger partial charge in [0.25, 0.3) is 0 Å². The van der Waals surface area contributed by atoms with Crippen molar-refractivity contribution < 1.29 is 14.3 Å². The van der Waals surface area contributed by atoms with Crippen LogP contribution < -0.4 is 0 Å². The molecule has 1 fully saturated rings. The van der Waals surface area contributed by atoms with Crippen LogP contribution in [-0.4, -0.2) is 23.2 Å². The topological polar surface area (TPSA) is 43.4 Å². The lowest BCUT2D eigenvalue weighted by Gasteiger charge is -2.21. The van der Waals surface area contributed by atoms with E-state index in [1.165, 1.54) is 0 Å². The summed E-state index contributed by atoms with van der Waals surface area (Å²) >= 11 is 5.15. The zero-order valence-corrected chi connectivity index (χ0v) is 15.8. The molecule has 1 rings (SSSR count). The lowest BCUT2D eigenvalue weighted by molar-refractivity contribution is -0.121. The number of carbonyl (C=O) groups excluding carboxylic acids is 2. The monoisotopic (exact) mass is 340 g/mol. The van der Waals surface area contributed by atoms with Crippen molar-refractivity contribution in [3.05, 3.63) is 0 Å². The maximum Gasteiger partial charge on any atom is 0.159 e.